The summed E-state index contributed by atoms with van der Waals surface area (Å²) in [7, 11) is 0. The number of alkyl halides is 3. The molecule has 1 nitrogen and oxygen atoms in total. The molecular weight excluding hydrogens is 231 g/mol. The van der Waals surface area contributed by atoms with Crippen LogP contribution in [0, 0.1) is 24.0 Å². The van der Waals surface area contributed by atoms with Crippen molar-refractivity contribution < 1.29 is 27.1 Å². The maximum absolute atomic E-state index is 12.7. The van der Waals surface area contributed by atoms with E-state index in [-0.39, 0.29) is 6.07 Å². The summed E-state index contributed by atoms with van der Waals surface area (Å²) in [5.41, 5.74) is -4.57. The second-order valence-corrected chi connectivity index (χ2v) is 2.98. The summed E-state index contributed by atoms with van der Waals surface area (Å²) in [6.07, 6.45) is -0.597. The molecule has 1 aromatic rings. The molecule has 0 unspecified atom stereocenters. The number of halogens is 5. The monoisotopic (exact) mass is 236 g/mol. The molecule has 1 N–H and O–H groups in total. The van der Waals surface area contributed by atoms with E-state index in [4.69, 9.17) is 0 Å². The lowest BCUT2D eigenvalue weighted by Gasteiger charge is -2.25. The molecule has 0 saturated carbocycles. The number of aliphatic hydroxyl groups is 1. The highest BCUT2D eigenvalue weighted by Crippen LogP contribution is 2.38. The van der Waals surface area contributed by atoms with Crippen molar-refractivity contribution >= 4 is 0 Å². The van der Waals surface area contributed by atoms with Crippen molar-refractivity contribution in [2.45, 2.75) is 11.8 Å². The van der Waals surface area contributed by atoms with Crippen molar-refractivity contribution in [3.63, 3.8) is 0 Å². The van der Waals surface area contributed by atoms with Crippen molar-refractivity contribution in [3.8, 4) is 12.3 Å². The van der Waals surface area contributed by atoms with Crippen molar-refractivity contribution in [1.82, 2.24) is 0 Å². The van der Waals surface area contributed by atoms with Gasteiger partial charge in [0.15, 0.2) is 11.6 Å². The molecule has 0 bridgehead atoms. The van der Waals surface area contributed by atoms with E-state index in [1.807, 2.05) is 0 Å². The molecule has 0 aliphatic carbocycles. The third kappa shape index (κ3) is 1.86. The van der Waals surface area contributed by atoms with Crippen molar-refractivity contribution in [2.75, 3.05) is 0 Å². The van der Waals surface area contributed by atoms with E-state index in [0.29, 0.717) is 12.1 Å². The van der Waals surface area contributed by atoms with Gasteiger partial charge in [-0.3, -0.25) is 0 Å². The smallest absolute Gasteiger partial charge is 0.366 e. The van der Waals surface area contributed by atoms with Gasteiger partial charge in [0.1, 0.15) is 0 Å². The molecule has 1 rings (SSSR count). The largest absolute Gasteiger partial charge is 0.433 e. The van der Waals surface area contributed by atoms with E-state index in [1.165, 1.54) is 0 Å². The normalized spacial score (nSPS) is 15.3. The number of benzene rings is 1. The minimum atomic E-state index is -5.17. The van der Waals surface area contributed by atoms with Crippen LogP contribution in [0.4, 0.5) is 22.0 Å². The summed E-state index contributed by atoms with van der Waals surface area (Å²) < 4.78 is 62.5. The number of rotatable bonds is 1. The minimum Gasteiger partial charge on any atom is -0.366 e. The average molecular weight is 236 g/mol. The fourth-order valence-electron chi connectivity index (χ4n) is 1.05. The van der Waals surface area contributed by atoms with Crippen LogP contribution in [0.5, 0.6) is 0 Å². The van der Waals surface area contributed by atoms with E-state index >= 15 is 0 Å². The molecule has 0 spiro atoms. The van der Waals surface area contributed by atoms with Gasteiger partial charge in [0.2, 0.25) is 5.60 Å². The second kappa shape index (κ2) is 3.76. The maximum Gasteiger partial charge on any atom is 0.433 e. The lowest BCUT2D eigenvalue weighted by atomic mass is 9.94. The molecule has 6 heteroatoms. The number of terminal acetylenes is 1. The topological polar surface area (TPSA) is 20.2 Å². The van der Waals surface area contributed by atoms with Crippen LogP contribution in [0.3, 0.4) is 0 Å². The summed E-state index contributed by atoms with van der Waals surface area (Å²) in [6.45, 7) is 0. The zero-order valence-electron chi connectivity index (χ0n) is 7.65. The molecule has 0 heterocycles. The first-order valence-corrected chi connectivity index (χ1v) is 3.95. The molecule has 1 atom stereocenters. The second-order valence-electron chi connectivity index (χ2n) is 2.98. The molecule has 0 aliphatic heterocycles. The molecule has 0 saturated heterocycles. The third-order valence-electron chi connectivity index (χ3n) is 1.96. The van der Waals surface area contributed by atoms with Crippen LogP contribution in [0.1, 0.15) is 5.56 Å². The Hall–Kier alpha value is -1.61. The lowest BCUT2D eigenvalue weighted by Crippen LogP contribution is -2.41. The van der Waals surface area contributed by atoms with Crippen LogP contribution in [-0.2, 0) is 5.60 Å². The maximum atomic E-state index is 12.7. The molecule has 16 heavy (non-hydrogen) atoms. The van der Waals surface area contributed by atoms with Crippen LogP contribution in [-0.4, -0.2) is 11.3 Å². The Kier molecular flexibility index (Phi) is 2.93. The van der Waals surface area contributed by atoms with Crippen LogP contribution < -0.4 is 0 Å². The molecule has 0 radical (unpaired) electrons. The quantitative estimate of drug-likeness (QED) is 0.586. The lowest BCUT2D eigenvalue weighted by molar-refractivity contribution is -0.240. The summed E-state index contributed by atoms with van der Waals surface area (Å²) in [5, 5.41) is 9.19. The Morgan fingerprint density at radius 2 is 1.69 bits per heavy atom. The average Bonchev–Trinajstić information content (AvgIpc) is 2.19. The highest BCUT2D eigenvalue weighted by Gasteiger charge is 2.54. The first-order valence-electron chi connectivity index (χ1n) is 3.95. The molecule has 0 aromatic heterocycles. The standard InChI is InChI=1S/C10H5F5O/c1-2-9(16,10(13,14)15)6-3-4-7(11)8(12)5-6/h1,3-5,16H/t9-/m0/s1. The zero-order chi connectivity index (χ0) is 12.6. The van der Waals surface area contributed by atoms with Crippen molar-refractivity contribution in [3.05, 3.63) is 35.4 Å². The van der Waals surface area contributed by atoms with Gasteiger partial charge in [-0.05, 0) is 12.1 Å². The summed E-state index contributed by atoms with van der Waals surface area (Å²) in [4.78, 5) is 0. The van der Waals surface area contributed by atoms with E-state index in [2.05, 4.69) is 6.42 Å². The van der Waals surface area contributed by atoms with Crippen LogP contribution >= 0.6 is 0 Å². The predicted octanol–water partition coefficient (Wildman–Crippen LogP) is 2.35. The Balaban J connectivity index is 3.36. The predicted molar refractivity (Wildman–Crippen MR) is 45.1 cm³/mol. The van der Waals surface area contributed by atoms with Gasteiger partial charge in [-0.2, -0.15) is 13.2 Å². The van der Waals surface area contributed by atoms with Gasteiger partial charge in [0.05, 0.1) is 0 Å². The Morgan fingerprint density at radius 1 is 1.12 bits per heavy atom. The highest BCUT2D eigenvalue weighted by molar-refractivity contribution is 5.33. The Labute approximate surface area is 87.5 Å². The Bertz CT molecular complexity index is 446. The van der Waals surface area contributed by atoms with E-state index in [0.717, 1.165) is 5.92 Å². The molecule has 0 aliphatic rings. The van der Waals surface area contributed by atoms with Gasteiger partial charge < -0.3 is 5.11 Å². The summed E-state index contributed by atoms with van der Waals surface area (Å²) in [6, 6.07) is 1.24. The van der Waals surface area contributed by atoms with Gasteiger partial charge in [0.25, 0.3) is 0 Å². The molecule has 1 aromatic carbocycles. The minimum absolute atomic E-state index is 0.211. The molecular formula is C10H5F5O. The molecule has 86 valence electrons. The van der Waals surface area contributed by atoms with Crippen LogP contribution in [0.2, 0.25) is 0 Å². The van der Waals surface area contributed by atoms with Gasteiger partial charge in [-0.25, -0.2) is 8.78 Å². The van der Waals surface area contributed by atoms with Crippen molar-refractivity contribution in [1.29, 1.82) is 0 Å². The Morgan fingerprint density at radius 3 is 2.06 bits per heavy atom. The fraction of sp³-hybridized carbons (Fsp3) is 0.200. The van der Waals surface area contributed by atoms with Gasteiger partial charge in [-0.1, -0.05) is 12.0 Å². The fourth-order valence-corrected chi connectivity index (χ4v) is 1.05. The first-order chi connectivity index (χ1) is 7.22. The SMILES string of the molecule is C#C[C@](O)(c1ccc(F)c(F)c1)C(F)(F)F. The van der Waals surface area contributed by atoms with Gasteiger partial charge in [0, 0.05) is 5.56 Å². The van der Waals surface area contributed by atoms with Crippen molar-refractivity contribution in [2.24, 2.45) is 0 Å². The molecule has 0 amide bonds. The first kappa shape index (κ1) is 12.5. The molecule has 0 fully saturated rings. The van der Waals surface area contributed by atoms with E-state index in [9.17, 15) is 27.1 Å². The highest BCUT2D eigenvalue weighted by atomic mass is 19.4. The third-order valence-corrected chi connectivity index (χ3v) is 1.96. The van der Waals surface area contributed by atoms with Crippen LogP contribution in [0.15, 0.2) is 18.2 Å². The summed E-state index contributed by atoms with van der Waals surface area (Å²) >= 11 is 0. The summed E-state index contributed by atoms with van der Waals surface area (Å²) in [5.74, 6) is -1.72. The number of hydrogen-bond donors (Lipinski definition) is 1. The van der Waals surface area contributed by atoms with Gasteiger partial charge in [-0.15, -0.1) is 6.42 Å². The van der Waals surface area contributed by atoms with E-state index < -0.39 is 29.0 Å². The zero-order valence-corrected chi connectivity index (χ0v) is 7.65. The number of hydrogen-bond acceptors (Lipinski definition) is 1. The van der Waals surface area contributed by atoms with Gasteiger partial charge >= 0.3 is 6.18 Å². The van der Waals surface area contributed by atoms with Crippen LogP contribution in [0.25, 0.3) is 0 Å². The van der Waals surface area contributed by atoms with E-state index in [1.54, 1.807) is 0 Å².